The molecule has 3 aromatic rings. The number of hydrogen-bond acceptors (Lipinski definition) is 7. The van der Waals surface area contributed by atoms with Gasteiger partial charge >= 0.3 is 0 Å². The molecule has 0 unspecified atom stereocenters. The van der Waals surface area contributed by atoms with Crippen LogP contribution in [0.3, 0.4) is 0 Å². The summed E-state index contributed by atoms with van der Waals surface area (Å²) < 4.78 is 37.7. The van der Waals surface area contributed by atoms with Crippen molar-refractivity contribution in [3.63, 3.8) is 0 Å². The van der Waals surface area contributed by atoms with Gasteiger partial charge in [0.05, 0.1) is 5.56 Å². The first-order valence-electron chi connectivity index (χ1n) is 10.6. The lowest BCUT2D eigenvalue weighted by Crippen LogP contribution is -2.25. The number of ether oxygens (including phenoxy) is 2. The molecule has 0 fully saturated rings. The van der Waals surface area contributed by atoms with Crippen LogP contribution in [0.5, 0.6) is 0 Å². The standard InChI is InChI=1S/C24H20F2N6O2/c25-19-9-8-16(13-20(19)26)14-28-22-18(7-4-10-27-22)23-29-24(31-30-23)32(17-5-2-1-3-6-17)21-15-33-11-12-34-21/h1-2,4-5,7-13,15H,3,6,14H2,(H,27,28)(H,29,30,31). The van der Waals surface area contributed by atoms with E-state index in [-0.39, 0.29) is 6.54 Å². The van der Waals surface area contributed by atoms with E-state index >= 15 is 0 Å². The van der Waals surface area contributed by atoms with Crippen molar-refractivity contribution < 1.29 is 18.3 Å². The molecule has 0 radical (unpaired) electrons. The molecule has 0 amide bonds. The zero-order valence-corrected chi connectivity index (χ0v) is 17.9. The van der Waals surface area contributed by atoms with Gasteiger partial charge in [-0.25, -0.2) is 18.7 Å². The third-order valence-electron chi connectivity index (χ3n) is 5.17. The second kappa shape index (κ2) is 9.57. The van der Waals surface area contributed by atoms with E-state index in [1.165, 1.54) is 24.9 Å². The van der Waals surface area contributed by atoms with Gasteiger partial charge in [0.15, 0.2) is 23.7 Å². The van der Waals surface area contributed by atoms with Crippen LogP contribution in [0.1, 0.15) is 18.4 Å². The molecular formula is C24H20F2N6O2. The fourth-order valence-corrected chi connectivity index (χ4v) is 3.55. The van der Waals surface area contributed by atoms with Crippen LogP contribution in [-0.2, 0) is 16.0 Å². The number of rotatable bonds is 7. The Hall–Kier alpha value is -4.47. The monoisotopic (exact) mass is 462 g/mol. The smallest absolute Gasteiger partial charge is 0.256 e. The summed E-state index contributed by atoms with van der Waals surface area (Å²) in [6.07, 6.45) is 13.7. The summed E-state index contributed by atoms with van der Waals surface area (Å²) in [5.41, 5.74) is 2.18. The van der Waals surface area contributed by atoms with Gasteiger partial charge in [-0.3, -0.25) is 5.10 Å². The Morgan fingerprint density at radius 2 is 2.09 bits per heavy atom. The van der Waals surface area contributed by atoms with Gasteiger partial charge in [-0.1, -0.05) is 18.2 Å². The Morgan fingerprint density at radius 3 is 2.88 bits per heavy atom. The highest BCUT2D eigenvalue weighted by atomic mass is 19.2. The highest BCUT2D eigenvalue weighted by Gasteiger charge is 2.25. The molecule has 2 aliphatic rings. The van der Waals surface area contributed by atoms with Crippen molar-refractivity contribution in [2.75, 3.05) is 10.2 Å². The molecule has 1 aliphatic heterocycles. The molecule has 1 aromatic carbocycles. The minimum absolute atomic E-state index is 0.248. The number of anilines is 2. The van der Waals surface area contributed by atoms with Crippen LogP contribution in [0.15, 0.2) is 85.1 Å². The number of aromatic nitrogens is 4. The predicted octanol–water partition coefficient (Wildman–Crippen LogP) is 5.11. The maximum absolute atomic E-state index is 13.6. The number of aromatic amines is 1. The first-order valence-corrected chi connectivity index (χ1v) is 10.6. The normalized spacial score (nSPS) is 14.6. The van der Waals surface area contributed by atoms with Gasteiger partial charge in [0.1, 0.15) is 18.3 Å². The number of H-pyrrole nitrogens is 1. The molecular weight excluding hydrogens is 442 g/mol. The minimum atomic E-state index is -0.898. The molecule has 0 bridgehead atoms. The van der Waals surface area contributed by atoms with Gasteiger partial charge in [0.25, 0.3) is 5.95 Å². The molecule has 2 aromatic heterocycles. The second-order valence-corrected chi connectivity index (χ2v) is 7.43. The number of nitrogens with zero attached hydrogens (tertiary/aromatic N) is 4. The average molecular weight is 462 g/mol. The summed E-state index contributed by atoms with van der Waals surface area (Å²) >= 11 is 0. The van der Waals surface area contributed by atoms with Gasteiger partial charge in [-0.2, -0.15) is 4.98 Å². The van der Waals surface area contributed by atoms with E-state index in [2.05, 4.69) is 31.6 Å². The van der Waals surface area contributed by atoms with E-state index in [0.717, 1.165) is 30.7 Å². The van der Waals surface area contributed by atoms with Crippen molar-refractivity contribution >= 4 is 11.8 Å². The molecule has 10 heteroatoms. The van der Waals surface area contributed by atoms with Crippen molar-refractivity contribution in [3.05, 3.63) is 102 Å². The lowest BCUT2D eigenvalue weighted by molar-refractivity contribution is 0.250. The van der Waals surface area contributed by atoms with E-state index < -0.39 is 11.6 Å². The third kappa shape index (κ3) is 4.51. The molecule has 0 saturated carbocycles. The summed E-state index contributed by atoms with van der Waals surface area (Å²) in [5, 5.41) is 10.5. The Morgan fingerprint density at radius 1 is 1.15 bits per heavy atom. The predicted molar refractivity (Wildman–Crippen MR) is 122 cm³/mol. The van der Waals surface area contributed by atoms with Crippen LogP contribution in [0.4, 0.5) is 20.5 Å². The highest BCUT2D eigenvalue weighted by molar-refractivity contribution is 5.70. The van der Waals surface area contributed by atoms with Gasteiger partial charge in [0, 0.05) is 18.4 Å². The lowest BCUT2D eigenvalue weighted by atomic mass is 10.1. The fourth-order valence-electron chi connectivity index (χ4n) is 3.55. The zero-order chi connectivity index (χ0) is 23.3. The topological polar surface area (TPSA) is 88.2 Å². The molecule has 172 valence electrons. The van der Waals surface area contributed by atoms with Crippen molar-refractivity contribution in [3.8, 4) is 11.4 Å². The highest BCUT2D eigenvalue weighted by Crippen LogP contribution is 2.30. The molecule has 8 nitrogen and oxygen atoms in total. The summed E-state index contributed by atoms with van der Waals surface area (Å²) in [6.45, 7) is 0.248. The van der Waals surface area contributed by atoms with Gasteiger partial charge in [-0.05, 0) is 48.7 Å². The summed E-state index contributed by atoms with van der Waals surface area (Å²) in [5.74, 6) is 0.00367. The first-order chi connectivity index (χ1) is 16.7. The van der Waals surface area contributed by atoms with Crippen molar-refractivity contribution in [2.45, 2.75) is 19.4 Å². The molecule has 0 atom stereocenters. The van der Waals surface area contributed by atoms with Gasteiger partial charge < -0.3 is 14.8 Å². The Kier molecular flexibility index (Phi) is 6.02. The van der Waals surface area contributed by atoms with E-state index in [9.17, 15) is 8.78 Å². The maximum atomic E-state index is 13.6. The molecule has 1 aliphatic carbocycles. The number of halogens is 2. The number of hydrogen-bond donors (Lipinski definition) is 2. The minimum Gasteiger partial charge on any atom is -0.464 e. The third-order valence-corrected chi connectivity index (χ3v) is 5.17. The average Bonchev–Trinajstić information content (AvgIpc) is 3.36. The zero-order valence-electron chi connectivity index (χ0n) is 17.9. The van der Waals surface area contributed by atoms with Crippen LogP contribution >= 0.6 is 0 Å². The van der Waals surface area contributed by atoms with Crippen LogP contribution in [-0.4, -0.2) is 20.2 Å². The summed E-state index contributed by atoms with van der Waals surface area (Å²) in [4.78, 5) is 10.8. The SMILES string of the molecule is Fc1ccc(CNc2ncccc2-c2nc(N(C3=CC=CCC3)C3=COC=CO3)n[nH]2)cc1F. The Labute approximate surface area is 193 Å². The fraction of sp³-hybridized carbons (Fsp3) is 0.125. The summed E-state index contributed by atoms with van der Waals surface area (Å²) in [7, 11) is 0. The van der Waals surface area contributed by atoms with Crippen LogP contribution in [0.25, 0.3) is 11.4 Å². The molecule has 34 heavy (non-hydrogen) atoms. The maximum Gasteiger partial charge on any atom is 0.256 e. The Balaban J connectivity index is 1.42. The Bertz CT molecular complexity index is 1310. The largest absolute Gasteiger partial charge is 0.464 e. The number of allylic oxidation sites excluding steroid dienone is 4. The van der Waals surface area contributed by atoms with Crippen molar-refractivity contribution in [1.29, 1.82) is 0 Å². The van der Waals surface area contributed by atoms with Crippen LogP contribution < -0.4 is 10.2 Å². The second-order valence-electron chi connectivity index (χ2n) is 7.43. The number of benzene rings is 1. The number of pyridine rings is 1. The van der Waals surface area contributed by atoms with E-state index in [0.29, 0.717) is 34.6 Å². The van der Waals surface area contributed by atoms with Crippen molar-refractivity contribution in [2.24, 2.45) is 0 Å². The molecule has 0 spiro atoms. The van der Waals surface area contributed by atoms with E-state index in [1.807, 2.05) is 18.2 Å². The van der Waals surface area contributed by atoms with Crippen molar-refractivity contribution in [1.82, 2.24) is 20.2 Å². The van der Waals surface area contributed by atoms with Crippen LogP contribution in [0, 0.1) is 11.6 Å². The van der Waals surface area contributed by atoms with Crippen LogP contribution in [0.2, 0.25) is 0 Å². The van der Waals surface area contributed by atoms with Gasteiger partial charge in [-0.15, -0.1) is 5.10 Å². The molecule has 3 heterocycles. The molecule has 0 saturated heterocycles. The first kappa shape index (κ1) is 21.4. The quantitative estimate of drug-likeness (QED) is 0.504. The van der Waals surface area contributed by atoms with E-state index in [4.69, 9.17) is 9.47 Å². The lowest BCUT2D eigenvalue weighted by Gasteiger charge is -2.26. The van der Waals surface area contributed by atoms with E-state index in [1.54, 1.807) is 17.2 Å². The van der Waals surface area contributed by atoms with Gasteiger partial charge in [0.2, 0.25) is 5.88 Å². The number of nitrogens with one attached hydrogen (secondary N) is 2. The molecule has 5 rings (SSSR count). The molecule has 2 N–H and O–H groups in total. The summed E-state index contributed by atoms with van der Waals surface area (Å²) in [6, 6.07) is 7.37.